The molecule has 1 unspecified atom stereocenters. The molecule has 0 aromatic heterocycles. The summed E-state index contributed by atoms with van der Waals surface area (Å²) < 4.78 is 66.4. The molecule has 0 heterocycles. The molecule has 1 aromatic carbocycles. The molecule has 132 valence electrons. The summed E-state index contributed by atoms with van der Waals surface area (Å²) in [6, 6.07) is 6.35. The van der Waals surface area contributed by atoms with Gasteiger partial charge >= 0.3 is 10.2 Å². The number of ether oxygens (including phenoxy) is 1. The molecule has 1 atom stereocenters. The van der Waals surface area contributed by atoms with Crippen molar-refractivity contribution in [3.05, 3.63) is 29.8 Å². The predicted octanol–water partition coefficient (Wildman–Crippen LogP) is 1.76. The molecule has 0 aliphatic carbocycles. The topological polar surface area (TPSA) is 89.5 Å². The van der Waals surface area contributed by atoms with Crippen LogP contribution in [0, 0.1) is 6.92 Å². The molecular weight excluding hydrogens is 345 g/mol. The van der Waals surface area contributed by atoms with E-state index >= 15 is 0 Å². The van der Waals surface area contributed by atoms with Gasteiger partial charge in [-0.05, 0) is 38.3 Å². The number of sulfonamides is 1. The first kappa shape index (κ1) is 20.0. The zero-order valence-corrected chi connectivity index (χ0v) is 14.8. The first-order chi connectivity index (χ1) is 10.7. The predicted molar refractivity (Wildman–Crippen MR) is 85.9 cm³/mol. The van der Waals surface area contributed by atoms with Gasteiger partial charge in [-0.25, -0.2) is 13.1 Å². The summed E-state index contributed by atoms with van der Waals surface area (Å²) in [4.78, 5) is 0.136. The fourth-order valence-electron chi connectivity index (χ4n) is 2.01. The van der Waals surface area contributed by atoms with Crippen LogP contribution in [0.2, 0.25) is 0 Å². The number of hydrogen-bond acceptors (Lipinski definition) is 5. The van der Waals surface area contributed by atoms with Gasteiger partial charge in [0.15, 0.2) is 0 Å². The average molecular weight is 367 g/mol. The monoisotopic (exact) mass is 367 g/mol. The third kappa shape index (κ3) is 6.94. The average Bonchev–Trinajstić information content (AvgIpc) is 2.45. The fraction of sp³-hybridized carbons (Fsp3) is 0.571. The third-order valence-corrected chi connectivity index (χ3v) is 6.11. The normalized spacial score (nSPS) is 13.9. The minimum atomic E-state index is -4.67. The van der Waals surface area contributed by atoms with Crippen LogP contribution < -0.4 is 4.72 Å². The van der Waals surface area contributed by atoms with Crippen LogP contribution in [0.1, 0.15) is 24.8 Å². The molecule has 23 heavy (non-hydrogen) atoms. The lowest BCUT2D eigenvalue weighted by atomic mass is 10.2. The van der Waals surface area contributed by atoms with Crippen molar-refractivity contribution in [2.24, 2.45) is 0 Å². The van der Waals surface area contributed by atoms with Gasteiger partial charge < -0.3 is 4.74 Å². The zero-order valence-electron chi connectivity index (χ0n) is 13.2. The van der Waals surface area contributed by atoms with E-state index < -0.39 is 25.5 Å². The van der Waals surface area contributed by atoms with Crippen molar-refractivity contribution in [1.82, 2.24) is 4.72 Å². The quantitative estimate of drug-likeness (QED) is 0.503. The van der Waals surface area contributed by atoms with Crippen LogP contribution in [-0.2, 0) is 25.0 Å². The van der Waals surface area contributed by atoms with Gasteiger partial charge in [-0.3, -0.25) is 0 Å². The number of hydrogen-bond donors (Lipinski definition) is 1. The molecule has 9 heteroatoms. The van der Waals surface area contributed by atoms with Crippen molar-refractivity contribution in [2.75, 3.05) is 20.3 Å². The van der Waals surface area contributed by atoms with Crippen LogP contribution in [-0.4, -0.2) is 42.3 Å². The molecule has 0 amide bonds. The summed E-state index contributed by atoms with van der Waals surface area (Å²) in [5.41, 5.74) is 0.943. The lowest BCUT2D eigenvalue weighted by Gasteiger charge is -2.12. The van der Waals surface area contributed by atoms with Gasteiger partial charge in [0.2, 0.25) is 10.0 Å². The number of benzene rings is 1. The Morgan fingerprint density at radius 3 is 2.26 bits per heavy atom. The Bertz CT molecular complexity index is 686. The molecule has 6 nitrogen and oxygen atoms in total. The summed E-state index contributed by atoms with van der Waals surface area (Å²) in [6.45, 7) is 2.01. The largest absolute Gasteiger partial charge is 0.385 e. The standard InChI is InChI=1S/C14H22FNO5S2/c1-12-5-7-14(8-6-12)23(19,20)16-10-3-4-13(9-11-21-2)22(15,17)18/h5-8,13,16H,3-4,9-11H2,1-2H3. The van der Waals surface area contributed by atoms with E-state index in [0.29, 0.717) is 0 Å². The Labute approximate surface area is 137 Å². The highest BCUT2D eigenvalue weighted by Gasteiger charge is 2.24. The van der Waals surface area contributed by atoms with Gasteiger partial charge in [0.05, 0.1) is 10.1 Å². The van der Waals surface area contributed by atoms with Crippen LogP contribution >= 0.6 is 0 Å². The molecule has 1 aromatic rings. The van der Waals surface area contributed by atoms with Gasteiger partial charge in [-0.1, -0.05) is 17.7 Å². The Kier molecular flexibility index (Phi) is 7.59. The van der Waals surface area contributed by atoms with E-state index in [1.165, 1.54) is 19.2 Å². The highest BCUT2D eigenvalue weighted by molar-refractivity contribution is 7.89. The lowest BCUT2D eigenvalue weighted by molar-refractivity contribution is 0.192. The van der Waals surface area contributed by atoms with Gasteiger partial charge in [0, 0.05) is 20.3 Å². The van der Waals surface area contributed by atoms with E-state index in [4.69, 9.17) is 4.74 Å². The summed E-state index contributed by atoms with van der Waals surface area (Å²) in [5, 5.41) is -1.17. The maximum Gasteiger partial charge on any atom is 0.305 e. The Morgan fingerprint density at radius 2 is 1.74 bits per heavy atom. The molecule has 0 bridgehead atoms. The van der Waals surface area contributed by atoms with Crippen molar-refractivity contribution in [3.8, 4) is 0 Å². The summed E-state index contributed by atoms with van der Waals surface area (Å²) >= 11 is 0. The Hall–Kier alpha value is -1.03. The highest BCUT2D eigenvalue weighted by atomic mass is 32.3. The van der Waals surface area contributed by atoms with Crippen LogP contribution in [0.5, 0.6) is 0 Å². The van der Waals surface area contributed by atoms with E-state index in [2.05, 4.69) is 4.72 Å². The number of aryl methyl sites for hydroxylation is 1. The molecule has 1 N–H and O–H groups in total. The van der Waals surface area contributed by atoms with E-state index in [0.717, 1.165) is 5.56 Å². The zero-order chi connectivity index (χ0) is 17.5. The van der Waals surface area contributed by atoms with Crippen LogP contribution in [0.3, 0.4) is 0 Å². The number of rotatable bonds is 10. The van der Waals surface area contributed by atoms with E-state index in [-0.39, 0.29) is 37.3 Å². The number of methoxy groups -OCH3 is 1. The molecule has 0 saturated heterocycles. The molecule has 0 radical (unpaired) electrons. The van der Waals surface area contributed by atoms with E-state index in [1.54, 1.807) is 12.1 Å². The van der Waals surface area contributed by atoms with Crippen molar-refractivity contribution in [2.45, 2.75) is 36.3 Å². The number of halogens is 1. The van der Waals surface area contributed by atoms with Crippen molar-refractivity contribution >= 4 is 20.2 Å². The summed E-state index contributed by atoms with van der Waals surface area (Å²) in [6.07, 6.45) is 0.279. The third-order valence-electron chi connectivity index (χ3n) is 3.37. The van der Waals surface area contributed by atoms with Gasteiger partial charge in [0.1, 0.15) is 0 Å². The SMILES string of the molecule is COCCC(CCCNS(=O)(=O)c1ccc(C)cc1)S(=O)(=O)F. The van der Waals surface area contributed by atoms with Crippen molar-refractivity contribution in [3.63, 3.8) is 0 Å². The molecule has 0 aliphatic heterocycles. The molecule has 0 aliphatic rings. The molecule has 0 spiro atoms. The molecule has 0 fully saturated rings. The van der Waals surface area contributed by atoms with Gasteiger partial charge in [-0.15, -0.1) is 3.89 Å². The van der Waals surface area contributed by atoms with Crippen molar-refractivity contribution < 1.29 is 25.5 Å². The highest BCUT2D eigenvalue weighted by Crippen LogP contribution is 2.15. The van der Waals surface area contributed by atoms with Crippen LogP contribution in [0.15, 0.2) is 29.2 Å². The van der Waals surface area contributed by atoms with Crippen LogP contribution in [0.25, 0.3) is 0 Å². The first-order valence-electron chi connectivity index (χ1n) is 7.15. The maximum absolute atomic E-state index is 13.1. The van der Waals surface area contributed by atoms with Gasteiger partial charge in [-0.2, -0.15) is 8.42 Å². The Morgan fingerprint density at radius 1 is 1.13 bits per heavy atom. The second kappa shape index (κ2) is 8.72. The van der Waals surface area contributed by atoms with Crippen LogP contribution in [0.4, 0.5) is 3.89 Å². The van der Waals surface area contributed by atoms with E-state index in [9.17, 15) is 20.7 Å². The molecule has 1 rings (SSSR count). The van der Waals surface area contributed by atoms with Gasteiger partial charge in [0.25, 0.3) is 0 Å². The second-order valence-electron chi connectivity index (χ2n) is 5.23. The summed E-state index contributed by atoms with van der Waals surface area (Å²) in [7, 11) is -6.91. The second-order valence-corrected chi connectivity index (χ2v) is 8.62. The molecule has 0 saturated carbocycles. The minimum absolute atomic E-state index is 0.0264. The number of nitrogens with one attached hydrogen (secondary N) is 1. The molecular formula is C14H22FNO5S2. The lowest BCUT2D eigenvalue weighted by Crippen LogP contribution is -2.27. The minimum Gasteiger partial charge on any atom is -0.385 e. The first-order valence-corrected chi connectivity index (χ1v) is 10.1. The Balaban J connectivity index is 2.53. The van der Waals surface area contributed by atoms with Crippen molar-refractivity contribution in [1.29, 1.82) is 0 Å². The maximum atomic E-state index is 13.1. The fourth-order valence-corrected chi connectivity index (χ4v) is 3.91. The van der Waals surface area contributed by atoms with E-state index in [1.807, 2.05) is 6.92 Å². The summed E-state index contributed by atoms with van der Waals surface area (Å²) in [5.74, 6) is 0. The smallest absolute Gasteiger partial charge is 0.305 e.